The molecule has 3 aliphatic rings. The number of nitrogens with one attached hydrogen (secondary N) is 1. The summed E-state index contributed by atoms with van der Waals surface area (Å²) in [4.78, 5) is 30.3. The summed E-state index contributed by atoms with van der Waals surface area (Å²) >= 11 is 0. The van der Waals surface area contributed by atoms with Crippen molar-refractivity contribution in [2.45, 2.75) is 63.6 Å². The highest BCUT2D eigenvalue weighted by Crippen LogP contribution is 2.38. The van der Waals surface area contributed by atoms with Gasteiger partial charge in [-0.3, -0.25) is 9.59 Å². The van der Waals surface area contributed by atoms with Crippen molar-refractivity contribution in [1.29, 1.82) is 0 Å². The normalized spacial score (nSPS) is 24.4. The van der Waals surface area contributed by atoms with Crippen LogP contribution in [0.5, 0.6) is 5.75 Å². The average molecular weight is 564 g/mol. The van der Waals surface area contributed by atoms with Gasteiger partial charge in [0.1, 0.15) is 5.75 Å². The number of nitrogens with zero attached hydrogens (tertiary/aromatic N) is 2. The molecule has 5 rings (SSSR count). The van der Waals surface area contributed by atoms with Gasteiger partial charge in [0, 0.05) is 39.0 Å². The summed E-state index contributed by atoms with van der Waals surface area (Å²) in [5.74, 6) is 0.981. The van der Waals surface area contributed by atoms with Crippen LogP contribution in [0.25, 0.3) is 0 Å². The molecule has 8 nitrogen and oxygen atoms in total. The number of carbonyl (C=O) groups is 2. The van der Waals surface area contributed by atoms with E-state index in [1.54, 1.807) is 6.07 Å². The largest absolute Gasteiger partial charge is 0.483 e. The summed E-state index contributed by atoms with van der Waals surface area (Å²) in [6.07, 6.45) is 3.88. The quantitative estimate of drug-likeness (QED) is 0.517. The summed E-state index contributed by atoms with van der Waals surface area (Å²) in [5, 5.41) is 24.8. The SMILES string of the molecule is O=C1COc2ccccc2C[C@H](O)[C@H](O)CC2(CCN(C(=O)CC3CCN(CCc4ccccc4)CC3)CC2)CN1. The number of fused-ring (bicyclic) bond motifs is 1. The van der Waals surface area contributed by atoms with Crippen molar-refractivity contribution in [3.8, 4) is 5.75 Å². The maximum atomic E-state index is 13.3. The summed E-state index contributed by atoms with van der Waals surface area (Å²) in [6, 6.07) is 17.9. The molecule has 0 bridgehead atoms. The second-order valence-corrected chi connectivity index (χ2v) is 12.3. The number of aliphatic hydroxyl groups excluding tert-OH is 2. The number of hydrogen-bond acceptors (Lipinski definition) is 6. The fraction of sp³-hybridized carbons (Fsp3) is 0.576. The van der Waals surface area contributed by atoms with E-state index in [2.05, 4.69) is 40.5 Å². The zero-order valence-corrected chi connectivity index (χ0v) is 24.0. The molecule has 2 saturated heterocycles. The Morgan fingerprint density at radius 2 is 1.66 bits per heavy atom. The standard InChI is InChI=1S/C33H45N3O5/c37-28-21-27-8-4-5-9-30(27)41-23-31(39)34-24-33(22-29(28)38)13-18-36(19-14-33)32(40)20-26-11-16-35(17-12-26)15-10-25-6-2-1-3-7-25/h1-9,26,28-29,37-38H,10-24H2,(H,34,39)/t28-,29+/m0/s1. The molecule has 3 N–H and O–H groups in total. The Hall–Kier alpha value is -2.94. The molecule has 2 aromatic rings. The van der Waals surface area contributed by atoms with Crippen molar-refractivity contribution >= 4 is 11.8 Å². The topological polar surface area (TPSA) is 102 Å². The van der Waals surface area contributed by atoms with Crippen LogP contribution in [0.2, 0.25) is 0 Å². The van der Waals surface area contributed by atoms with Crippen molar-refractivity contribution in [2.24, 2.45) is 11.3 Å². The highest BCUT2D eigenvalue weighted by molar-refractivity contribution is 5.78. The molecule has 0 radical (unpaired) electrons. The molecule has 2 aromatic carbocycles. The first kappa shape index (κ1) is 29.5. The monoisotopic (exact) mass is 563 g/mol. The van der Waals surface area contributed by atoms with E-state index in [0.717, 1.165) is 44.5 Å². The molecule has 3 heterocycles. The molecule has 41 heavy (non-hydrogen) atoms. The number of aliphatic hydroxyl groups is 2. The average Bonchev–Trinajstić information content (AvgIpc) is 2.99. The van der Waals surface area contributed by atoms with Crippen molar-refractivity contribution in [3.63, 3.8) is 0 Å². The van der Waals surface area contributed by atoms with E-state index in [4.69, 9.17) is 4.74 Å². The van der Waals surface area contributed by atoms with Gasteiger partial charge in [-0.25, -0.2) is 0 Å². The Labute approximate surface area is 243 Å². The second kappa shape index (κ2) is 13.8. The third-order valence-corrected chi connectivity index (χ3v) is 9.41. The van der Waals surface area contributed by atoms with Gasteiger partial charge in [0.25, 0.3) is 5.91 Å². The fourth-order valence-electron chi connectivity index (χ4n) is 6.64. The maximum Gasteiger partial charge on any atom is 0.257 e. The van der Waals surface area contributed by atoms with Crippen LogP contribution < -0.4 is 10.1 Å². The molecule has 0 saturated carbocycles. The summed E-state index contributed by atoms with van der Waals surface area (Å²) in [5.41, 5.74) is 1.76. The summed E-state index contributed by atoms with van der Waals surface area (Å²) in [6.45, 7) is 4.66. The molecule has 0 unspecified atom stereocenters. The molecule has 8 heteroatoms. The third-order valence-electron chi connectivity index (χ3n) is 9.41. The van der Waals surface area contributed by atoms with Crippen LogP contribution in [-0.4, -0.2) is 89.9 Å². The minimum absolute atomic E-state index is 0.0958. The minimum atomic E-state index is -0.940. The molecule has 2 amide bonds. The van der Waals surface area contributed by atoms with Gasteiger partial charge in [0.15, 0.2) is 6.61 Å². The predicted octanol–water partition coefficient (Wildman–Crippen LogP) is 2.80. The van der Waals surface area contributed by atoms with Crippen LogP contribution in [0.4, 0.5) is 0 Å². The summed E-state index contributed by atoms with van der Waals surface area (Å²) in [7, 11) is 0. The molecule has 0 aliphatic carbocycles. The van der Waals surface area contributed by atoms with Gasteiger partial charge >= 0.3 is 0 Å². The van der Waals surface area contributed by atoms with Crippen molar-refractivity contribution in [3.05, 3.63) is 65.7 Å². The minimum Gasteiger partial charge on any atom is -0.483 e. The zero-order valence-electron chi connectivity index (χ0n) is 24.0. The lowest BCUT2D eigenvalue weighted by Gasteiger charge is -2.44. The Balaban J connectivity index is 1.11. The van der Waals surface area contributed by atoms with E-state index < -0.39 is 12.2 Å². The highest BCUT2D eigenvalue weighted by atomic mass is 16.5. The van der Waals surface area contributed by atoms with E-state index in [-0.39, 0.29) is 30.3 Å². The lowest BCUT2D eigenvalue weighted by atomic mass is 9.72. The number of benzene rings is 2. The van der Waals surface area contributed by atoms with Crippen molar-refractivity contribution in [1.82, 2.24) is 15.1 Å². The lowest BCUT2D eigenvalue weighted by Crippen LogP contribution is -2.51. The first-order valence-corrected chi connectivity index (χ1v) is 15.3. The molecule has 0 aromatic heterocycles. The molecule has 3 aliphatic heterocycles. The number of likely N-dealkylation sites (tertiary alicyclic amines) is 2. The molecule has 222 valence electrons. The summed E-state index contributed by atoms with van der Waals surface area (Å²) < 4.78 is 5.73. The smallest absolute Gasteiger partial charge is 0.257 e. The van der Waals surface area contributed by atoms with E-state index in [1.165, 1.54) is 5.56 Å². The zero-order chi connectivity index (χ0) is 28.7. The van der Waals surface area contributed by atoms with E-state index in [0.29, 0.717) is 57.0 Å². The van der Waals surface area contributed by atoms with Gasteiger partial charge in [0.05, 0.1) is 12.2 Å². The molecule has 2 fully saturated rings. The first-order chi connectivity index (χ1) is 19.9. The number of hydrogen-bond donors (Lipinski definition) is 3. The lowest BCUT2D eigenvalue weighted by molar-refractivity contribution is -0.136. The molecule has 2 atom stereocenters. The maximum absolute atomic E-state index is 13.3. The Bertz CT molecular complexity index is 1140. The van der Waals surface area contributed by atoms with E-state index in [9.17, 15) is 19.8 Å². The van der Waals surface area contributed by atoms with Crippen molar-refractivity contribution in [2.75, 3.05) is 45.9 Å². The predicted molar refractivity (Wildman–Crippen MR) is 157 cm³/mol. The molecular formula is C33H45N3O5. The Morgan fingerprint density at radius 3 is 2.41 bits per heavy atom. The van der Waals surface area contributed by atoms with Crippen LogP contribution in [0, 0.1) is 11.3 Å². The van der Waals surface area contributed by atoms with E-state index >= 15 is 0 Å². The number of carbonyl (C=O) groups excluding carboxylic acids is 2. The van der Waals surface area contributed by atoms with Crippen molar-refractivity contribution < 1.29 is 24.5 Å². The van der Waals surface area contributed by atoms with Crippen LogP contribution >= 0.6 is 0 Å². The van der Waals surface area contributed by atoms with Crippen LogP contribution in [0.15, 0.2) is 54.6 Å². The Kier molecular flexibility index (Phi) is 9.96. The fourth-order valence-corrected chi connectivity index (χ4v) is 6.64. The van der Waals surface area contributed by atoms with Gasteiger partial charge in [-0.05, 0) is 80.1 Å². The third kappa shape index (κ3) is 8.09. The second-order valence-electron chi connectivity index (χ2n) is 12.3. The van der Waals surface area contributed by atoms with Crippen LogP contribution in [-0.2, 0) is 22.4 Å². The van der Waals surface area contributed by atoms with Gasteiger partial charge in [-0.1, -0.05) is 48.5 Å². The molecular weight excluding hydrogens is 518 g/mol. The number of ether oxygens (including phenoxy) is 1. The number of amides is 2. The number of para-hydroxylation sites is 1. The van der Waals surface area contributed by atoms with Gasteiger partial charge in [-0.2, -0.15) is 0 Å². The Morgan fingerprint density at radius 1 is 0.951 bits per heavy atom. The van der Waals surface area contributed by atoms with Crippen LogP contribution in [0.3, 0.4) is 0 Å². The van der Waals surface area contributed by atoms with Gasteiger partial charge in [0.2, 0.25) is 5.91 Å². The highest BCUT2D eigenvalue weighted by Gasteiger charge is 2.40. The molecule has 1 spiro atoms. The van der Waals surface area contributed by atoms with Crippen LogP contribution in [0.1, 0.15) is 49.7 Å². The van der Waals surface area contributed by atoms with Gasteiger partial charge < -0.3 is 30.1 Å². The first-order valence-electron chi connectivity index (χ1n) is 15.3. The number of rotatable bonds is 5. The van der Waals surface area contributed by atoms with E-state index in [1.807, 2.05) is 23.1 Å². The van der Waals surface area contributed by atoms with Gasteiger partial charge in [-0.15, -0.1) is 0 Å². The number of piperidine rings is 2.